The zero-order valence-corrected chi connectivity index (χ0v) is 6.23. The van der Waals surface area contributed by atoms with Crippen molar-refractivity contribution in [1.29, 1.82) is 0 Å². The maximum atomic E-state index is 12.1. The molecule has 0 aliphatic carbocycles. The third kappa shape index (κ3) is 3.06. The molecule has 0 rings (SSSR count). The van der Waals surface area contributed by atoms with E-state index in [1.54, 1.807) is 0 Å². The quantitative estimate of drug-likeness (QED) is 0.542. The van der Waals surface area contributed by atoms with Crippen LogP contribution in [0, 0.1) is 5.92 Å². The number of hydrogen-bond acceptors (Lipinski definition) is 1. The van der Waals surface area contributed by atoms with Crippen LogP contribution in [0.15, 0.2) is 0 Å². The molecule has 0 aromatic heterocycles. The van der Waals surface area contributed by atoms with Crippen LogP contribution in [0.4, 0.5) is 17.6 Å². The van der Waals surface area contributed by atoms with Gasteiger partial charge < -0.3 is 5.11 Å². The van der Waals surface area contributed by atoms with E-state index in [1.807, 2.05) is 0 Å². The molecule has 0 fully saturated rings. The molecule has 0 spiro atoms. The number of alkyl halides is 4. The van der Waals surface area contributed by atoms with Crippen LogP contribution in [0.1, 0.15) is 13.3 Å². The lowest BCUT2D eigenvalue weighted by Crippen LogP contribution is -2.31. The van der Waals surface area contributed by atoms with Crippen molar-refractivity contribution in [2.24, 2.45) is 5.92 Å². The number of hydrogen-bond donors (Lipinski definition) is 1. The fraction of sp³-hybridized carbons (Fsp3) is 0.833. The van der Waals surface area contributed by atoms with Gasteiger partial charge in [0.25, 0.3) is 0 Å². The summed E-state index contributed by atoms with van der Waals surface area (Å²) in [7, 11) is 0. The maximum absolute atomic E-state index is 12.1. The first-order valence-corrected chi connectivity index (χ1v) is 3.16. The Morgan fingerprint density at radius 1 is 1.50 bits per heavy atom. The normalized spacial score (nSPS) is 14.8. The van der Waals surface area contributed by atoms with Crippen molar-refractivity contribution in [3.63, 3.8) is 0 Å². The number of rotatable bonds is 4. The summed E-state index contributed by atoms with van der Waals surface area (Å²) in [5, 5.41) is 8.15. The zero-order valence-electron chi connectivity index (χ0n) is 6.23. The van der Waals surface area contributed by atoms with Crippen LogP contribution in [-0.2, 0) is 4.79 Å². The van der Waals surface area contributed by atoms with Gasteiger partial charge in [-0.05, 0) is 0 Å². The molecule has 1 N–H and O–H groups in total. The van der Waals surface area contributed by atoms with Crippen molar-refractivity contribution < 1.29 is 27.5 Å². The fourth-order valence-electron chi connectivity index (χ4n) is 0.585. The van der Waals surface area contributed by atoms with Crippen LogP contribution < -0.4 is 0 Å². The molecule has 0 amide bonds. The Hall–Kier alpha value is -0.810. The smallest absolute Gasteiger partial charge is 0.308 e. The Morgan fingerprint density at radius 3 is 2.17 bits per heavy atom. The Balaban J connectivity index is 4.15. The molecule has 0 heterocycles. The highest BCUT2D eigenvalue weighted by molar-refractivity contribution is 5.69. The predicted octanol–water partition coefficient (Wildman–Crippen LogP) is 2.00. The number of aliphatic carboxylic acids is 1. The summed E-state index contributed by atoms with van der Waals surface area (Å²) >= 11 is 0. The molecule has 0 aromatic carbocycles. The SMILES string of the molecule is CC([13CH2]C(F)(F)C(F)F)C(=O)O. The molecule has 0 saturated heterocycles. The Labute approximate surface area is 66.2 Å². The predicted molar refractivity (Wildman–Crippen MR) is 32.4 cm³/mol. The molecule has 6 heteroatoms. The molecular weight excluding hydrogens is 181 g/mol. The zero-order chi connectivity index (χ0) is 9.94. The minimum atomic E-state index is -4.21. The van der Waals surface area contributed by atoms with Crippen LogP contribution in [0.5, 0.6) is 0 Å². The van der Waals surface area contributed by atoms with E-state index in [0.29, 0.717) is 0 Å². The topological polar surface area (TPSA) is 37.3 Å². The molecule has 12 heavy (non-hydrogen) atoms. The average molecular weight is 189 g/mol. The molecule has 0 saturated carbocycles. The van der Waals surface area contributed by atoms with E-state index in [9.17, 15) is 22.4 Å². The average Bonchev–Trinajstić information content (AvgIpc) is 1.85. The highest BCUT2D eigenvalue weighted by Crippen LogP contribution is 2.29. The molecule has 72 valence electrons. The van der Waals surface area contributed by atoms with Gasteiger partial charge in [0.05, 0.1) is 5.92 Å². The minimum absolute atomic E-state index is 0.957. The summed E-state index contributed by atoms with van der Waals surface area (Å²) in [6.45, 7) is 0.957. The van der Waals surface area contributed by atoms with E-state index in [0.717, 1.165) is 6.92 Å². The van der Waals surface area contributed by atoms with Gasteiger partial charge in [0.1, 0.15) is 0 Å². The third-order valence-corrected chi connectivity index (χ3v) is 1.32. The monoisotopic (exact) mass is 189 g/mol. The fourth-order valence-corrected chi connectivity index (χ4v) is 0.585. The maximum Gasteiger partial charge on any atom is 0.308 e. The van der Waals surface area contributed by atoms with Crippen molar-refractivity contribution in [2.45, 2.75) is 25.7 Å². The van der Waals surface area contributed by atoms with Crippen LogP contribution in [-0.4, -0.2) is 23.4 Å². The van der Waals surface area contributed by atoms with E-state index in [4.69, 9.17) is 5.11 Å². The Morgan fingerprint density at radius 2 is 1.92 bits per heavy atom. The van der Waals surface area contributed by atoms with Gasteiger partial charge >= 0.3 is 18.3 Å². The largest absolute Gasteiger partial charge is 0.481 e. The van der Waals surface area contributed by atoms with E-state index in [2.05, 4.69) is 0 Å². The van der Waals surface area contributed by atoms with Gasteiger partial charge in [-0.1, -0.05) is 6.92 Å². The summed E-state index contributed by atoms with van der Waals surface area (Å²) in [5.41, 5.74) is 0. The van der Waals surface area contributed by atoms with Crippen molar-refractivity contribution >= 4 is 5.97 Å². The lowest BCUT2D eigenvalue weighted by atomic mass is 10.2. The molecular formula is C6H8F4O2. The summed E-state index contributed by atoms with van der Waals surface area (Å²) in [6.07, 6.45) is -5.14. The summed E-state index contributed by atoms with van der Waals surface area (Å²) < 4.78 is 47.3. The first-order valence-electron chi connectivity index (χ1n) is 3.16. The van der Waals surface area contributed by atoms with Crippen LogP contribution in [0.25, 0.3) is 0 Å². The van der Waals surface area contributed by atoms with E-state index >= 15 is 0 Å². The lowest BCUT2D eigenvalue weighted by molar-refractivity contribution is -0.158. The second-order valence-corrected chi connectivity index (χ2v) is 2.51. The van der Waals surface area contributed by atoms with Crippen LogP contribution in [0.2, 0.25) is 0 Å². The van der Waals surface area contributed by atoms with Crippen molar-refractivity contribution in [2.75, 3.05) is 0 Å². The number of carboxylic acids is 1. The first-order chi connectivity index (χ1) is 5.27. The van der Waals surface area contributed by atoms with Crippen molar-refractivity contribution in [3.05, 3.63) is 0 Å². The molecule has 0 aliphatic heterocycles. The van der Waals surface area contributed by atoms with Crippen molar-refractivity contribution in [3.8, 4) is 0 Å². The number of carboxylic acid groups (broad SMARTS) is 1. The van der Waals surface area contributed by atoms with E-state index in [-0.39, 0.29) is 0 Å². The molecule has 1 unspecified atom stereocenters. The van der Waals surface area contributed by atoms with Gasteiger partial charge in [-0.25, -0.2) is 17.6 Å². The van der Waals surface area contributed by atoms with Crippen LogP contribution >= 0.6 is 0 Å². The second kappa shape index (κ2) is 3.73. The molecule has 0 bridgehead atoms. The van der Waals surface area contributed by atoms with Gasteiger partial charge in [-0.15, -0.1) is 0 Å². The first kappa shape index (κ1) is 11.2. The third-order valence-electron chi connectivity index (χ3n) is 1.32. The molecule has 0 aromatic rings. The number of halogens is 4. The number of carbonyl (C=O) groups is 1. The Kier molecular flexibility index (Phi) is 3.48. The summed E-state index contributed by atoms with van der Waals surface area (Å²) in [6, 6.07) is 0. The molecule has 2 nitrogen and oxygen atoms in total. The van der Waals surface area contributed by atoms with E-state index in [1.165, 1.54) is 0 Å². The standard InChI is InChI=1S/C6H8F4O2/c1-3(4(11)12)2-6(9,10)5(7)8/h3,5H,2H2,1H3,(H,11,12)/i2+1. The molecule has 0 radical (unpaired) electrons. The lowest BCUT2D eigenvalue weighted by Gasteiger charge is -2.16. The van der Waals surface area contributed by atoms with E-state index < -0.39 is 30.7 Å². The van der Waals surface area contributed by atoms with Gasteiger partial charge in [0.15, 0.2) is 0 Å². The highest BCUT2D eigenvalue weighted by atomic mass is 19.3. The highest BCUT2D eigenvalue weighted by Gasteiger charge is 2.43. The second-order valence-electron chi connectivity index (χ2n) is 2.51. The molecule has 0 aliphatic rings. The van der Waals surface area contributed by atoms with Crippen LogP contribution in [0.3, 0.4) is 0 Å². The summed E-state index contributed by atoms with van der Waals surface area (Å²) in [4.78, 5) is 10.0. The van der Waals surface area contributed by atoms with Gasteiger partial charge in [0.2, 0.25) is 0 Å². The van der Waals surface area contributed by atoms with Gasteiger partial charge in [-0.2, -0.15) is 0 Å². The van der Waals surface area contributed by atoms with Gasteiger partial charge in [-0.3, -0.25) is 4.79 Å². The minimum Gasteiger partial charge on any atom is -0.481 e. The van der Waals surface area contributed by atoms with Crippen molar-refractivity contribution in [1.82, 2.24) is 0 Å². The molecule has 1 atom stereocenters. The summed E-state index contributed by atoms with van der Waals surface area (Å²) in [5.74, 6) is -7.18. The van der Waals surface area contributed by atoms with Gasteiger partial charge in [0, 0.05) is 6.42 Å². The Bertz CT molecular complexity index is 169.